The molecular formula is C17H14F3N3O2. The van der Waals surface area contributed by atoms with Crippen LogP contribution in [0.3, 0.4) is 0 Å². The second-order valence-electron chi connectivity index (χ2n) is 5.51. The summed E-state index contributed by atoms with van der Waals surface area (Å²) < 4.78 is 40.4. The molecule has 0 amide bonds. The highest BCUT2D eigenvalue weighted by Crippen LogP contribution is 2.32. The lowest BCUT2D eigenvalue weighted by Crippen LogP contribution is -2.24. The highest BCUT2D eigenvalue weighted by molar-refractivity contribution is 5.63. The normalized spacial score (nSPS) is 11.7. The maximum Gasteiger partial charge on any atom is 0.419 e. The number of alkyl halides is 3. The second-order valence-corrected chi connectivity index (χ2v) is 5.51. The molecule has 0 atom stereocenters. The van der Waals surface area contributed by atoms with Crippen LogP contribution in [0.25, 0.3) is 5.65 Å². The summed E-state index contributed by atoms with van der Waals surface area (Å²) in [5, 5.41) is 12.3. The largest absolute Gasteiger partial charge is 0.419 e. The number of hydrogen-bond acceptors (Lipinski definition) is 4. The first-order valence-electron chi connectivity index (χ1n) is 7.37. The molecule has 2 heterocycles. The van der Waals surface area contributed by atoms with Gasteiger partial charge in [-0.1, -0.05) is 12.1 Å². The summed E-state index contributed by atoms with van der Waals surface area (Å²) in [6.07, 6.45) is -3.47. The SMILES string of the molecule is Cc1cccc(Nc2nc3c(C(F)(F)F)cccn3c(=O)c2CO)c1. The molecule has 0 fully saturated rings. The number of nitrogens with zero attached hydrogens (tertiary/aromatic N) is 2. The molecule has 8 heteroatoms. The number of aliphatic hydroxyl groups excluding tert-OH is 1. The number of anilines is 2. The maximum absolute atomic E-state index is 13.2. The zero-order valence-electron chi connectivity index (χ0n) is 13.1. The fourth-order valence-corrected chi connectivity index (χ4v) is 2.52. The zero-order valence-corrected chi connectivity index (χ0v) is 13.1. The number of benzene rings is 1. The second kappa shape index (κ2) is 6.21. The minimum Gasteiger partial charge on any atom is -0.391 e. The van der Waals surface area contributed by atoms with Crippen LogP contribution >= 0.6 is 0 Å². The molecule has 0 radical (unpaired) electrons. The van der Waals surface area contributed by atoms with Gasteiger partial charge in [0.25, 0.3) is 5.56 Å². The number of hydrogen-bond donors (Lipinski definition) is 2. The summed E-state index contributed by atoms with van der Waals surface area (Å²) in [6.45, 7) is 1.20. The molecule has 3 rings (SSSR count). The number of pyridine rings is 1. The molecule has 0 aliphatic carbocycles. The van der Waals surface area contributed by atoms with Crippen molar-refractivity contribution in [1.29, 1.82) is 0 Å². The van der Waals surface area contributed by atoms with Crippen molar-refractivity contribution < 1.29 is 18.3 Å². The van der Waals surface area contributed by atoms with Gasteiger partial charge in [0.1, 0.15) is 5.82 Å². The van der Waals surface area contributed by atoms with Gasteiger partial charge in [0.15, 0.2) is 5.65 Å². The van der Waals surface area contributed by atoms with Crippen molar-refractivity contribution in [3.8, 4) is 0 Å². The zero-order chi connectivity index (χ0) is 18.2. The Morgan fingerprint density at radius 3 is 2.64 bits per heavy atom. The Kier molecular flexibility index (Phi) is 4.22. The van der Waals surface area contributed by atoms with Crippen molar-refractivity contribution >= 4 is 17.2 Å². The molecule has 0 aliphatic rings. The fraction of sp³-hybridized carbons (Fsp3) is 0.176. The van der Waals surface area contributed by atoms with Gasteiger partial charge in [0.05, 0.1) is 17.7 Å². The van der Waals surface area contributed by atoms with Crippen LogP contribution in [-0.4, -0.2) is 14.5 Å². The Hall–Kier alpha value is -2.87. The number of fused-ring (bicyclic) bond motifs is 1. The minimum atomic E-state index is -4.66. The van der Waals surface area contributed by atoms with E-state index in [9.17, 15) is 23.1 Å². The topological polar surface area (TPSA) is 66.6 Å². The van der Waals surface area contributed by atoms with E-state index in [1.54, 1.807) is 18.2 Å². The van der Waals surface area contributed by atoms with Crippen LogP contribution in [0.4, 0.5) is 24.7 Å². The van der Waals surface area contributed by atoms with Crippen molar-refractivity contribution in [3.05, 3.63) is 69.6 Å². The monoisotopic (exact) mass is 349 g/mol. The van der Waals surface area contributed by atoms with Gasteiger partial charge in [-0.2, -0.15) is 13.2 Å². The predicted molar refractivity (Wildman–Crippen MR) is 86.8 cm³/mol. The smallest absolute Gasteiger partial charge is 0.391 e. The highest BCUT2D eigenvalue weighted by atomic mass is 19.4. The van der Waals surface area contributed by atoms with Crippen molar-refractivity contribution in [2.75, 3.05) is 5.32 Å². The Balaban J connectivity index is 2.26. The van der Waals surface area contributed by atoms with E-state index in [1.807, 2.05) is 13.0 Å². The molecule has 2 N–H and O–H groups in total. The summed E-state index contributed by atoms with van der Waals surface area (Å²) in [5.41, 5.74) is -0.942. The van der Waals surface area contributed by atoms with Crippen LogP contribution in [0, 0.1) is 6.92 Å². The van der Waals surface area contributed by atoms with Gasteiger partial charge in [0.2, 0.25) is 0 Å². The Morgan fingerprint density at radius 1 is 1.24 bits per heavy atom. The summed E-state index contributed by atoms with van der Waals surface area (Å²) in [7, 11) is 0. The molecule has 0 spiro atoms. The first kappa shape index (κ1) is 17.0. The highest BCUT2D eigenvalue weighted by Gasteiger charge is 2.34. The van der Waals surface area contributed by atoms with Crippen LogP contribution < -0.4 is 10.9 Å². The van der Waals surface area contributed by atoms with E-state index < -0.39 is 29.6 Å². The fourth-order valence-electron chi connectivity index (χ4n) is 2.52. The van der Waals surface area contributed by atoms with Gasteiger partial charge in [-0.05, 0) is 36.8 Å². The Bertz CT molecular complexity index is 997. The number of aryl methyl sites for hydroxylation is 1. The maximum atomic E-state index is 13.2. The summed E-state index contributed by atoms with van der Waals surface area (Å²) >= 11 is 0. The van der Waals surface area contributed by atoms with Gasteiger partial charge in [0, 0.05) is 11.9 Å². The Morgan fingerprint density at radius 2 is 2.00 bits per heavy atom. The van der Waals surface area contributed by atoms with E-state index in [1.165, 1.54) is 6.20 Å². The molecule has 5 nitrogen and oxygen atoms in total. The molecule has 0 unspecified atom stereocenters. The molecule has 0 bridgehead atoms. The van der Waals surface area contributed by atoms with Gasteiger partial charge in [-0.25, -0.2) is 4.98 Å². The first-order valence-corrected chi connectivity index (χ1v) is 7.37. The molecule has 25 heavy (non-hydrogen) atoms. The van der Waals surface area contributed by atoms with E-state index in [4.69, 9.17) is 0 Å². The lowest BCUT2D eigenvalue weighted by atomic mass is 10.2. The number of nitrogens with one attached hydrogen (secondary N) is 1. The molecule has 0 saturated heterocycles. The van der Waals surface area contributed by atoms with Gasteiger partial charge in [-0.3, -0.25) is 9.20 Å². The van der Waals surface area contributed by atoms with Gasteiger partial charge < -0.3 is 10.4 Å². The van der Waals surface area contributed by atoms with Crippen molar-refractivity contribution in [2.24, 2.45) is 0 Å². The first-order chi connectivity index (χ1) is 11.8. The standard InChI is InChI=1S/C17H14F3N3O2/c1-10-4-2-5-11(8-10)21-14-12(9-24)16(25)23-7-3-6-13(15(23)22-14)17(18,19)20/h2-8,21,24H,9H2,1H3. The Labute approximate surface area is 140 Å². The van der Waals surface area contributed by atoms with Crippen LogP contribution in [-0.2, 0) is 12.8 Å². The third kappa shape index (κ3) is 3.20. The number of halogens is 3. The van der Waals surface area contributed by atoms with E-state index in [0.717, 1.165) is 22.1 Å². The van der Waals surface area contributed by atoms with E-state index in [0.29, 0.717) is 5.69 Å². The van der Waals surface area contributed by atoms with Crippen molar-refractivity contribution in [2.45, 2.75) is 19.7 Å². The summed E-state index contributed by atoms with van der Waals surface area (Å²) in [5.74, 6) is -0.102. The van der Waals surface area contributed by atoms with Crippen LogP contribution in [0.1, 0.15) is 16.7 Å². The van der Waals surface area contributed by atoms with Crippen LogP contribution in [0.5, 0.6) is 0 Å². The van der Waals surface area contributed by atoms with E-state index >= 15 is 0 Å². The van der Waals surface area contributed by atoms with Gasteiger partial charge in [-0.15, -0.1) is 0 Å². The summed E-state index contributed by atoms with van der Waals surface area (Å²) in [6, 6.07) is 9.02. The predicted octanol–water partition coefficient (Wildman–Crippen LogP) is 3.26. The molecule has 2 aromatic heterocycles. The third-order valence-electron chi connectivity index (χ3n) is 3.69. The average molecular weight is 349 g/mol. The molecule has 0 saturated carbocycles. The van der Waals surface area contributed by atoms with Crippen LogP contribution in [0.15, 0.2) is 47.4 Å². The van der Waals surface area contributed by atoms with Crippen molar-refractivity contribution in [1.82, 2.24) is 9.38 Å². The molecular weight excluding hydrogens is 335 g/mol. The summed E-state index contributed by atoms with van der Waals surface area (Å²) in [4.78, 5) is 16.4. The van der Waals surface area contributed by atoms with Crippen molar-refractivity contribution in [3.63, 3.8) is 0 Å². The average Bonchev–Trinajstić information content (AvgIpc) is 2.54. The third-order valence-corrected chi connectivity index (χ3v) is 3.69. The molecule has 3 aromatic rings. The number of aromatic nitrogens is 2. The minimum absolute atomic E-state index is 0.102. The number of aliphatic hydroxyl groups is 1. The molecule has 1 aromatic carbocycles. The lowest BCUT2D eigenvalue weighted by molar-refractivity contribution is -0.136. The number of rotatable bonds is 3. The molecule has 130 valence electrons. The van der Waals surface area contributed by atoms with Gasteiger partial charge >= 0.3 is 6.18 Å². The van der Waals surface area contributed by atoms with E-state index in [-0.39, 0.29) is 11.4 Å². The van der Waals surface area contributed by atoms with Crippen LogP contribution in [0.2, 0.25) is 0 Å². The quantitative estimate of drug-likeness (QED) is 0.762. The van der Waals surface area contributed by atoms with E-state index in [2.05, 4.69) is 10.3 Å². The lowest BCUT2D eigenvalue weighted by Gasteiger charge is -2.15. The molecule has 0 aliphatic heterocycles.